The van der Waals surface area contributed by atoms with Gasteiger partial charge in [0.05, 0.1) is 12.4 Å². The number of hydrogen-bond donors (Lipinski definition) is 1. The fraction of sp³-hybridized carbons (Fsp3) is 0.556. The van der Waals surface area contributed by atoms with Crippen molar-refractivity contribution < 1.29 is 31.7 Å². The van der Waals surface area contributed by atoms with Crippen molar-refractivity contribution >= 4 is 22.0 Å². The molecule has 1 aliphatic rings. The summed E-state index contributed by atoms with van der Waals surface area (Å²) in [6.07, 6.45) is -1.53. The van der Waals surface area contributed by atoms with Crippen molar-refractivity contribution in [2.75, 3.05) is 18.9 Å². The van der Waals surface area contributed by atoms with Crippen molar-refractivity contribution in [1.82, 2.24) is 5.32 Å². The molecular weight excluding hydrogens is 374 g/mol. The average Bonchev–Trinajstić information content (AvgIpc) is 3.01. The Kier molecular flexibility index (Phi) is 6.96. The minimum atomic E-state index is -3.78. The van der Waals surface area contributed by atoms with Crippen molar-refractivity contribution in [3.8, 4) is 0 Å². The molecule has 0 aliphatic carbocycles. The maximum atomic E-state index is 12.2. The van der Waals surface area contributed by atoms with Crippen LogP contribution in [-0.4, -0.2) is 45.3 Å². The summed E-state index contributed by atoms with van der Waals surface area (Å²) in [5.74, 6) is -1.01. The number of carbonyl (C=O) groups is 2. The van der Waals surface area contributed by atoms with Gasteiger partial charge < -0.3 is 14.8 Å². The molecule has 1 aliphatic heterocycles. The third-order valence-corrected chi connectivity index (χ3v) is 5.30. The number of nitrogens with one attached hydrogen (secondary N) is 1. The average molecular weight is 399 g/mol. The number of hydrogen-bond acceptors (Lipinski definition) is 7. The van der Waals surface area contributed by atoms with E-state index in [0.29, 0.717) is 5.56 Å². The van der Waals surface area contributed by atoms with Gasteiger partial charge in [-0.05, 0) is 6.42 Å². The molecule has 1 amide bonds. The highest BCUT2D eigenvalue weighted by Gasteiger charge is 2.46. The SMILES string of the molecule is CC(=O)NCCCS(=O)(=O)OCC(C)(C)[C@H]1OC(c2ccccc2)OC1=O. The molecule has 1 N–H and O–H groups in total. The van der Waals surface area contributed by atoms with Crippen LogP contribution in [0, 0.1) is 5.41 Å². The highest BCUT2D eigenvalue weighted by molar-refractivity contribution is 7.86. The second-order valence-electron chi connectivity index (χ2n) is 7.04. The highest BCUT2D eigenvalue weighted by Crippen LogP contribution is 2.36. The third kappa shape index (κ3) is 6.30. The van der Waals surface area contributed by atoms with Crippen molar-refractivity contribution in [3.05, 3.63) is 35.9 Å². The first-order valence-electron chi connectivity index (χ1n) is 8.63. The number of rotatable bonds is 9. The Labute approximate surface area is 159 Å². The van der Waals surface area contributed by atoms with Crippen LogP contribution in [0.15, 0.2) is 30.3 Å². The third-order valence-electron chi connectivity index (χ3n) is 4.03. The van der Waals surface area contributed by atoms with Gasteiger partial charge in [-0.25, -0.2) is 4.79 Å². The first kappa shape index (κ1) is 21.3. The molecule has 1 unspecified atom stereocenters. The van der Waals surface area contributed by atoms with E-state index in [-0.39, 0.29) is 31.2 Å². The molecule has 9 heteroatoms. The number of cyclic esters (lactones) is 1. The largest absolute Gasteiger partial charge is 0.429 e. The smallest absolute Gasteiger partial charge is 0.338 e. The molecule has 1 saturated heterocycles. The first-order chi connectivity index (χ1) is 12.6. The van der Waals surface area contributed by atoms with Crippen molar-refractivity contribution in [2.24, 2.45) is 5.41 Å². The lowest BCUT2D eigenvalue weighted by molar-refractivity contribution is -0.145. The van der Waals surface area contributed by atoms with Crippen LogP contribution in [0.2, 0.25) is 0 Å². The van der Waals surface area contributed by atoms with Gasteiger partial charge in [-0.15, -0.1) is 0 Å². The van der Waals surface area contributed by atoms with Crippen molar-refractivity contribution in [2.45, 2.75) is 39.6 Å². The molecule has 8 nitrogen and oxygen atoms in total. The van der Waals surface area contributed by atoms with Gasteiger partial charge in [-0.3, -0.25) is 8.98 Å². The molecule has 1 aromatic rings. The summed E-state index contributed by atoms with van der Waals surface area (Å²) < 4.78 is 40.1. The van der Waals surface area contributed by atoms with Crippen LogP contribution in [-0.2, 0) is 33.4 Å². The lowest BCUT2D eigenvalue weighted by atomic mass is 9.88. The predicted molar refractivity (Wildman–Crippen MR) is 97.0 cm³/mol. The summed E-state index contributed by atoms with van der Waals surface area (Å²) in [4.78, 5) is 23.0. The Balaban J connectivity index is 1.90. The van der Waals surface area contributed by atoms with Crippen LogP contribution < -0.4 is 5.32 Å². The van der Waals surface area contributed by atoms with E-state index in [1.807, 2.05) is 18.2 Å². The minimum Gasteiger partial charge on any atom is -0.429 e. The predicted octanol–water partition coefficient (Wildman–Crippen LogP) is 1.53. The van der Waals surface area contributed by atoms with E-state index >= 15 is 0 Å². The van der Waals surface area contributed by atoms with Crippen LogP contribution in [0.5, 0.6) is 0 Å². The van der Waals surface area contributed by atoms with Gasteiger partial charge in [0.1, 0.15) is 0 Å². The fourth-order valence-corrected chi connectivity index (χ4v) is 3.62. The molecule has 150 valence electrons. The second-order valence-corrected chi connectivity index (χ2v) is 8.80. The molecular formula is C18H25NO7S. The monoisotopic (exact) mass is 399 g/mol. The molecule has 1 fully saturated rings. The molecule has 1 aromatic carbocycles. The van der Waals surface area contributed by atoms with E-state index in [1.54, 1.807) is 26.0 Å². The maximum absolute atomic E-state index is 12.2. The van der Waals surface area contributed by atoms with E-state index in [9.17, 15) is 18.0 Å². The molecule has 2 atom stereocenters. The van der Waals surface area contributed by atoms with E-state index in [2.05, 4.69) is 5.32 Å². The molecule has 0 radical (unpaired) electrons. The topological polar surface area (TPSA) is 108 Å². The van der Waals surface area contributed by atoms with Crippen LogP contribution in [0.4, 0.5) is 0 Å². The Bertz CT molecular complexity index is 761. The van der Waals surface area contributed by atoms with Crippen molar-refractivity contribution in [3.63, 3.8) is 0 Å². The number of ether oxygens (including phenoxy) is 2. The Hall–Kier alpha value is -1.97. The van der Waals surface area contributed by atoms with Gasteiger partial charge in [-0.2, -0.15) is 8.42 Å². The highest BCUT2D eigenvalue weighted by atomic mass is 32.2. The summed E-state index contributed by atoms with van der Waals surface area (Å²) in [5, 5.41) is 2.52. The molecule has 0 aromatic heterocycles. The van der Waals surface area contributed by atoms with Crippen LogP contribution in [0.1, 0.15) is 39.0 Å². The minimum absolute atomic E-state index is 0.223. The summed E-state index contributed by atoms with van der Waals surface area (Å²) in [6, 6.07) is 9.02. The van der Waals surface area contributed by atoms with E-state index < -0.39 is 33.9 Å². The standard InChI is InChI=1S/C18H25NO7S/c1-13(20)19-10-7-11-27(22,23)24-12-18(2,3)15-16(21)26-17(25-15)14-8-5-4-6-9-14/h4-6,8-9,15,17H,7,10-12H2,1-3H3,(H,19,20)/t15-,17?/m0/s1. The maximum Gasteiger partial charge on any atom is 0.338 e. The Morgan fingerprint density at radius 2 is 1.93 bits per heavy atom. The molecule has 0 bridgehead atoms. The zero-order chi connectivity index (χ0) is 20.1. The second kappa shape index (κ2) is 8.81. The molecule has 0 spiro atoms. The summed E-state index contributed by atoms with van der Waals surface area (Å²) in [6.45, 7) is 4.74. The normalized spacial score (nSPS) is 20.3. The quantitative estimate of drug-likeness (QED) is 0.381. The van der Waals surface area contributed by atoms with Gasteiger partial charge in [0.2, 0.25) is 12.2 Å². The molecule has 2 rings (SSSR count). The molecule has 0 saturated carbocycles. The summed E-state index contributed by atoms with van der Waals surface area (Å²) in [5.41, 5.74) is -0.207. The number of amides is 1. The van der Waals surface area contributed by atoms with Crippen LogP contribution >= 0.6 is 0 Å². The number of esters is 1. The van der Waals surface area contributed by atoms with E-state index in [1.165, 1.54) is 6.92 Å². The van der Waals surface area contributed by atoms with Crippen LogP contribution in [0.3, 0.4) is 0 Å². The molecule has 1 heterocycles. The zero-order valence-electron chi connectivity index (χ0n) is 15.6. The van der Waals surface area contributed by atoms with Gasteiger partial charge in [0.15, 0.2) is 6.10 Å². The van der Waals surface area contributed by atoms with Gasteiger partial charge in [-0.1, -0.05) is 44.2 Å². The zero-order valence-corrected chi connectivity index (χ0v) is 16.5. The summed E-state index contributed by atoms with van der Waals surface area (Å²) >= 11 is 0. The van der Waals surface area contributed by atoms with Gasteiger partial charge in [0.25, 0.3) is 10.1 Å². The lowest BCUT2D eigenvalue weighted by Crippen LogP contribution is -2.39. The van der Waals surface area contributed by atoms with Crippen molar-refractivity contribution in [1.29, 1.82) is 0 Å². The van der Waals surface area contributed by atoms with E-state index in [4.69, 9.17) is 13.7 Å². The van der Waals surface area contributed by atoms with Gasteiger partial charge in [0, 0.05) is 24.4 Å². The number of benzene rings is 1. The Morgan fingerprint density at radius 1 is 1.26 bits per heavy atom. The Morgan fingerprint density at radius 3 is 2.56 bits per heavy atom. The van der Waals surface area contributed by atoms with E-state index in [0.717, 1.165) is 0 Å². The lowest BCUT2D eigenvalue weighted by Gasteiger charge is -2.27. The van der Waals surface area contributed by atoms with Gasteiger partial charge >= 0.3 is 5.97 Å². The first-order valence-corrected chi connectivity index (χ1v) is 10.2. The molecule has 27 heavy (non-hydrogen) atoms. The van der Waals surface area contributed by atoms with Crippen LogP contribution in [0.25, 0.3) is 0 Å². The fourth-order valence-electron chi connectivity index (χ4n) is 2.52. The summed E-state index contributed by atoms with van der Waals surface area (Å²) in [7, 11) is -3.78. The number of carbonyl (C=O) groups excluding carboxylic acids is 2.